The first kappa shape index (κ1) is 21.6. The minimum absolute atomic E-state index is 0.0169. The van der Waals surface area contributed by atoms with Gasteiger partial charge in [-0.3, -0.25) is 9.59 Å². The molecule has 2 heterocycles. The molecule has 2 aromatic heterocycles. The number of thioether (sulfide) groups is 1. The molecule has 1 atom stereocenters. The Morgan fingerprint density at radius 1 is 1.26 bits per heavy atom. The van der Waals surface area contributed by atoms with Gasteiger partial charge in [0.15, 0.2) is 5.78 Å². The third-order valence-electron chi connectivity index (χ3n) is 5.73. The Morgan fingerprint density at radius 3 is 2.77 bits per heavy atom. The Kier molecular flexibility index (Phi) is 6.20. The molecule has 1 aliphatic carbocycles. The lowest BCUT2D eigenvalue weighted by Gasteiger charge is -2.44. The number of rotatable bonds is 6. The summed E-state index contributed by atoms with van der Waals surface area (Å²) in [6.07, 6.45) is 4.19. The van der Waals surface area contributed by atoms with Crippen LogP contribution in [0.2, 0.25) is 5.02 Å². The van der Waals surface area contributed by atoms with Crippen molar-refractivity contribution in [1.82, 2.24) is 15.1 Å². The van der Waals surface area contributed by atoms with Crippen LogP contribution in [0.15, 0.2) is 50.7 Å². The zero-order valence-electron chi connectivity index (χ0n) is 17.3. The number of Topliss-reactive ketones (excluding diaryl/α,β-unsaturated/α-hetero) is 1. The molecule has 1 amide bonds. The average molecular weight is 460 g/mol. The monoisotopic (exact) mass is 459 g/mol. The number of benzene rings is 1. The van der Waals surface area contributed by atoms with Crippen LogP contribution in [-0.4, -0.2) is 39.6 Å². The number of hydrogen-bond acceptors (Lipinski definition) is 7. The number of halogens is 1. The fourth-order valence-corrected chi connectivity index (χ4v) is 5.02. The summed E-state index contributed by atoms with van der Waals surface area (Å²) in [6.45, 7) is 1.81. The molecule has 1 unspecified atom stereocenters. The van der Waals surface area contributed by atoms with Gasteiger partial charge in [-0.15, -0.1) is 10.2 Å². The molecule has 1 fully saturated rings. The van der Waals surface area contributed by atoms with Gasteiger partial charge < -0.3 is 13.7 Å². The van der Waals surface area contributed by atoms with Crippen LogP contribution in [0.3, 0.4) is 0 Å². The van der Waals surface area contributed by atoms with Crippen molar-refractivity contribution in [2.45, 2.75) is 43.4 Å². The number of carbonyl (C=O) groups excluding carboxylic acids is 2. The Balaban J connectivity index is 1.53. The maximum Gasteiger partial charge on any atom is 0.277 e. The predicted octanol–water partition coefficient (Wildman–Crippen LogP) is 4.88. The molecule has 0 radical (unpaired) electrons. The van der Waals surface area contributed by atoms with Gasteiger partial charge in [-0.2, -0.15) is 0 Å². The van der Waals surface area contributed by atoms with E-state index in [4.69, 9.17) is 20.4 Å². The van der Waals surface area contributed by atoms with Crippen LogP contribution < -0.4 is 0 Å². The van der Waals surface area contributed by atoms with Crippen molar-refractivity contribution in [3.05, 3.63) is 52.9 Å². The lowest BCUT2D eigenvalue weighted by Crippen LogP contribution is -2.54. The highest BCUT2D eigenvalue weighted by molar-refractivity contribution is 7.99. The zero-order chi connectivity index (χ0) is 22.0. The highest BCUT2D eigenvalue weighted by Gasteiger charge is 2.47. The second-order valence-electron chi connectivity index (χ2n) is 7.48. The molecule has 0 bridgehead atoms. The second-order valence-corrected chi connectivity index (χ2v) is 8.81. The van der Waals surface area contributed by atoms with Crippen LogP contribution in [0.1, 0.15) is 37.0 Å². The van der Waals surface area contributed by atoms with Crippen LogP contribution in [-0.2, 0) is 15.1 Å². The fraction of sp³-hybridized carbons (Fsp3) is 0.364. The van der Waals surface area contributed by atoms with Crippen molar-refractivity contribution in [3.63, 3.8) is 0 Å². The molecule has 0 aliphatic heterocycles. The first-order valence-electron chi connectivity index (χ1n) is 9.99. The van der Waals surface area contributed by atoms with E-state index < -0.39 is 5.54 Å². The fourth-order valence-electron chi connectivity index (χ4n) is 4.05. The summed E-state index contributed by atoms with van der Waals surface area (Å²) in [6, 6.07) is 9.00. The summed E-state index contributed by atoms with van der Waals surface area (Å²) in [5, 5.41) is 8.80. The summed E-state index contributed by atoms with van der Waals surface area (Å²) in [4.78, 5) is 27.8. The minimum Gasteiger partial charge on any atom is -0.469 e. The Hall–Kier alpha value is -2.58. The number of nitrogens with zero attached hydrogens (tertiary/aromatic N) is 3. The molecule has 1 aliphatic rings. The molecule has 162 valence electrons. The highest BCUT2D eigenvalue weighted by atomic mass is 35.5. The Morgan fingerprint density at radius 2 is 2.06 bits per heavy atom. The number of amides is 1. The van der Waals surface area contributed by atoms with Gasteiger partial charge in [-0.05, 0) is 38.3 Å². The highest BCUT2D eigenvalue weighted by Crippen LogP contribution is 2.42. The largest absolute Gasteiger partial charge is 0.469 e. The number of hydrogen-bond donors (Lipinski definition) is 0. The van der Waals surface area contributed by atoms with Gasteiger partial charge in [0.2, 0.25) is 5.91 Å². The van der Waals surface area contributed by atoms with Gasteiger partial charge >= 0.3 is 0 Å². The van der Waals surface area contributed by atoms with Crippen molar-refractivity contribution < 1.29 is 18.4 Å². The van der Waals surface area contributed by atoms with E-state index in [0.29, 0.717) is 40.6 Å². The smallest absolute Gasteiger partial charge is 0.277 e. The van der Waals surface area contributed by atoms with Gasteiger partial charge in [0, 0.05) is 24.1 Å². The summed E-state index contributed by atoms with van der Waals surface area (Å²) >= 11 is 7.60. The van der Waals surface area contributed by atoms with Crippen LogP contribution >= 0.6 is 23.4 Å². The standard InChI is InChI=1S/C22H22ClN3O4S/c1-14-15(10-12-29-14)20-24-25-21(30-20)31-13-19(28)26(2)22(11-6-5-9-18(22)27)16-7-3-4-8-17(16)23/h3-4,7-8,10,12H,5-6,9,11,13H2,1-2H3. The molecule has 7 nitrogen and oxygen atoms in total. The van der Waals surface area contributed by atoms with E-state index in [1.807, 2.05) is 18.2 Å². The van der Waals surface area contributed by atoms with E-state index in [1.54, 1.807) is 37.3 Å². The molecule has 9 heteroatoms. The van der Waals surface area contributed by atoms with Crippen LogP contribution in [0.5, 0.6) is 0 Å². The summed E-state index contributed by atoms with van der Waals surface area (Å²) < 4.78 is 10.9. The van der Waals surface area contributed by atoms with Crippen molar-refractivity contribution in [1.29, 1.82) is 0 Å². The topological polar surface area (TPSA) is 89.4 Å². The zero-order valence-corrected chi connectivity index (χ0v) is 18.8. The first-order valence-corrected chi connectivity index (χ1v) is 11.4. The molecule has 1 saturated carbocycles. The number of ketones is 1. The minimum atomic E-state index is -1.05. The van der Waals surface area contributed by atoms with E-state index in [2.05, 4.69) is 10.2 Å². The number of aromatic nitrogens is 2. The predicted molar refractivity (Wildman–Crippen MR) is 117 cm³/mol. The normalized spacial score (nSPS) is 18.9. The van der Waals surface area contributed by atoms with Crippen molar-refractivity contribution >= 4 is 35.1 Å². The number of aryl methyl sites for hydroxylation is 1. The SMILES string of the molecule is Cc1occc1-c1nnc(SCC(=O)N(C)C2(c3ccccc3Cl)CCCCC2=O)o1. The lowest BCUT2D eigenvalue weighted by molar-refractivity contribution is -0.146. The summed E-state index contributed by atoms with van der Waals surface area (Å²) in [7, 11) is 1.67. The Labute approximate surface area is 189 Å². The maximum atomic E-state index is 13.1. The van der Waals surface area contributed by atoms with Gasteiger partial charge in [-0.1, -0.05) is 41.6 Å². The molecular weight excluding hydrogens is 438 g/mol. The first-order chi connectivity index (χ1) is 14.9. The quantitative estimate of drug-likeness (QED) is 0.485. The number of likely N-dealkylation sites (N-methyl/N-ethyl adjacent to an activating group) is 1. The van der Waals surface area contributed by atoms with E-state index in [0.717, 1.165) is 24.6 Å². The number of furan rings is 1. The van der Waals surface area contributed by atoms with Crippen LogP contribution in [0, 0.1) is 6.92 Å². The van der Waals surface area contributed by atoms with Gasteiger partial charge in [0.25, 0.3) is 11.1 Å². The Bertz CT molecular complexity index is 1110. The van der Waals surface area contributed by atoms with Crippen LogP contribution in [0.25, 0.3) is 11.5 Å². The van der Waals surface area contributed by atoms with Gasteiger partial charge in [0.1, 0.15) is 11.3 Å². The number of carbonyl (C=O) groups is 2. The van der Waals surface area contributed by atoms with Crippen LogP contribution in [0.4, 0.5) is 0 Å². The molecule has 0 spiro atoms. The van der Waals surface area contributed by atoms with E-state index in [1.165, 1.54) is 0 Å². The van der Waals surface area contributed by atoms with Gasteiger partial charge in [0.05, 0.1) is 17.6 Å². The molecule has 1 aromatic carbocycles. The van der Waals surface area contributed by atoms with Gasteiger partial charge in [-0.25, -0.2) is 0 Å². The molecular formula is C22H22ClN3O4S. The summed E-state index contributed by atoms with van der Waals surface area (Å²) in [5.41, 5.74) is 0.341. The average Bonchev–Trinajstić information content (AvgIpc) is 3.41. The summed E-state index contributed by atoms with van der Waals surface area (Å²) in [5.74, 6) is 0.878. The van der Waals surface area contributed by atoms with E-state index in [9.17, 15) is 9.59 Å². The van der Waals surface area contributed by atoms with Crippen molar-refractivity contribution in [2.24, 2.45) is 0 Å². The van der Waals surface area contributed by atoms with Crippen molar-refractivity contribution in [3.8, 4) is 11.5 Å². The third-order valence-corrected chi connectivity index (χ3v) is 6.87. The molecule has 3 aromatic rings. The third kappa shape index (κ3) is 4.02. The lowest BCUT2D eigenvalue weighted by atomic mass is 9.74. The molecule has 0 N–H and O–H groups in total. The molecule has 4 rings (SSSR count). The molecule has 31 heavy (non-hydrogen) atoms. The second kappa shape index (κ2) is 8.88. The molecule has 0 saturated heterocycles. The van der Waals surface area contributed by atoms with Crippen molar-refractivity contribution in [2.75, 3.05) is 12.8 Å². The van der Waals surface area contributed by atoms with E-state index in [-0.39, 0.29) is 22.7 Å². The maximum absolute atomic E-state index is 13.1. The van der Waals surface area contributed by atoms with E-state index >= 15 is 0 Å².